The Bertz CT molecular complexity index is 914. The smallest absolute Gasteiger partial charge is 0.315 e. The molecule has 166 valence electrons. The number of hydrogen-bond acceptors (Lipinski definition) is 6. The average Bonchev–Trinajstić information content (AvgIpc) is 3.48. The molecule has 0 radical (unpaired) electrons. The first-order valence-corrected chi connectivity index (χ1v) is 12.0. The summed E-state index contributed by atoms with van der Waals surface area (Å²) in [7, 11) is 0. The number of aromatic nitrogens is 1. The van der Waals surface area contributed by atoms with Crippen molar-refractivity contribution in [1.82, 2.24) is 15.6 Å². The molecule has 3 fully saturated rings. The van der Waals surface area contributed by atoms with Gasteiger partial charge in [0.1, 0.15) is 18.0 Å². The number of benzene rings is 1. The van der Waals surface area contributed by atoms with E-state index in [1.165, 1.54) is 19.3 Å². The zero-order valence-electron chi connectivity index (χ0n) is 17.7. The Hall–Kier alpha value is -2.16. The molecule has 5 rings (SSSR count). The summed E-state index contributed by atoms with van der Waals surface area (Å²) in [6.45, 7) is 2.86. The predicted octanol–water partition coefficient (Wildman–Crippen LogP) is 3.66. The molecule has 3 aliphatic rings. The minimum Gasteiger partial charge on any atom is -0.484 e. The van der Waals surface area contributed by atoms with E-state index in [9.17, 15) is 4.79 Å². The van der Waals surface area contributed by atoms with Crippen LogP contribution < -0.4 is 15.4 Å². The highest BCUT2D eigenvalue weighted by Gasteiger charge is 2.49. The van der Waals surface area contributed by atoms with Crippen LogP contribution >= 0.6 is 11.3 Å². The highest BCUT2D eigenvalue weighted by atomic mass is 32.1. The van der Waals surface area contributed by atoms with Crippen LogP contribution in [0.5, 0.6) is 5.75 Å². The lowest BCUT2D eigenvalue weighted by atomic mass is 9.96. The van der Waals surface area contributed by atoms with Gasteiger partial charge in [-0.25, -0.2) is 9.78 Å². The number of urea groups is 1. The molecule has 1 aromatic carbocycles. The number of amides is 2. The van der Waals surface area contributed by atoms with Crippen molar-refractivity contribution in [2.24, 2.45) is 0 Å². The lowest BCUT2D eigenvalue weighted by Gasteiger charge is -2.24. The molecule has 2 amide bonds. The summed E-state index contributed by atoms with van der Waals surface area (Å²) in [5.41, 5.74) is 1.88. The molecule has 1 aliphatic carbocycles. The van der Waals surface area contributed by atoms with Crippen LogP contribution in [-0.4, -0.2) is 54.6 Å². The fourth-order valence-electron chi connectivity index (χ4n) is 4.76. The van der Waals surface area contributed by atoms with Crippen molar-refractivity contribution in [3.63, 3.8) is 0 Å². The summed E-state index contributed by atoms with van der Waals surface area (Å²) in [6.07, 6.45) is 5.13. The second-order valence-electron chi connectivity index (χ2n) is 8.56. The fourth-order valence-corrected chi connectivity index (χ4v) is 5.38. The zero-order valence-corrected chi connectivity index (χ0v) is 18.5. The van der Waals surface area contributed by atoms with Gasteiger partial charge in [0.25, 0.3) is 0 Å². The van der Waals surface area contributed by atoms with Crippen LogP contribution in [0.15, 0.2) is 29.6 Å². The molecule has 2 N–H and O–H groups in total. The molecule has 4 atom stereocenters. The van der Waals surface area contributed by atoms with E-state index in [4.69, 9.17) is 14.2 Å². The van der Waals surface area contributed by atoms with Crippen LogP contribution in [-0.2, 0) is 9.47 Å². The number of ether oxygens (including phenoxy) is 3. The molecule has 3 heterocycles. The second kappa shape index (κ2) is 9.14. The van der Waals surface area contributed by atoms with E-state index in [2.05, 4.69) is 15.6 Å². The number of hydrogen-bond donors (Lipinski definition) is 2. The number of aryl methyl sites for hydroxylation is 1. The van der Waals surface area contributed by atoms with E-state index in [1.807, 2.05) is 36.6 Å². The van der Waals surface area contributed by atoms with Crippen molar-refractivity contribution in [3.8, 4) is 17.0 Å². The number of carbonyl (C=O) groups is 1. The van der Waals surface area contributed by atoms with E-state index < -0.39 is 0 Å². The fraction of sp³-hybridized carbons (Fsp3) is 0.565. The van der Waals surface area contributed by atoms with Crippen molar-refractivity contribution in [2.75, 3.05) is 13.2 Å². The van der Waals surface area contributed by atoms with Gasteiger partial charge in [-0.2, -0.15) is 0 Å². The van der Waals surface area contributed by atoms with Gasteiger partial charge < -0.3 is 24.8 Å². The highest BCUT2D eigenvalue weighted by molar-refractivity contribution is 7.09. The largest absolute Gasteiger partial charge is 0.484 e. The number of para-hydroxylation sites is 1. The number of carbonyl (C=O) groups excluding carboxylic acids is 1. The summed E-state index contributed by atoms with van der Waals surface area (Å²) >= 11 is 1.62. The molecule has 2 aliphatic heterocycles. The molecule has 1 aromatic heterocycles. The minimum absolute atomic E-state index is 0.127. The van der Waals surface area contributed by atoms with E-state index >= 15 is 0 Å². The van der Waals surface area contributed by atoms with E-state index in [-0.39, 0.29) is 36.4 Å². The number of fused-ring (bicyclic) bond motifs is 1. The lowest BCUT2D eigenvalue weighted by Crippen LogP contribution is -2.51. The second-order valence-corrected chi connectivity index (χ2v) is 9.62. The van der Waals surface area contributed by atoms with Crippen LogP contribution in [0.25, 0.3) is 11.3 Å². The molecule has 0 bridgehead atoms. The van der Waals surface area contributed by atoms with Gasteiger partial charge in [-0.15, -0.1) is 11.3 Å². The maximum Gasteiger partial charge on any atom is 0.315 e. The molecule has 31 heavy (non-hydrogen) atoms. The van der Waals surface area contributed by atoms with Gasteiger partial charge in [0, 0.05) is 17.0 Å². The normalized spacial score (nSPS) is 28.3. The quantitative estimate of drug-likeness (QED) is 0.737. The van der Waals surface area contributed by atoms with Crippen LogP contribution in [0.1, 0.15) is 37.1 Å². The van der Waals surface area contributed by atoms with Gasteiger partial charge in [-0.3, -0.25) is 0 Å². The number of nitrogens with zero attached hydrogens (tertiary/aromatic N) is 1. The number of rotatable bonds is 5. The average molecular weight is 444 g/mol. The van der Waals surface area contributed by atoms with Crippen LogP contribution in [0.4, 0.5) is 4.79 Å². The van der Waals surface area contributed by atoms with Gasteiger partial charge in [-0.05, 0) is 31.9 Å². The lowest BCUT2D eigenvalue weighted by molar-refractivity contribution is 0.0306. The van der Waals surface area contributed by atoms with E-state index in [1.54, 1.807) is 11.3 Å². The Morgan fingerprint density at radius 2 is 1.90 bits per heavy atom. The topological polar surface area (TPSA) is 81.7 Å². The Kier molecular flexibility index (Phi) is 6.11. The molecule has 2 saturated heterocycles. The molecule has 2 aromatic rings. The Morgan fingerprint density at radius 1 is 1.10 bits per heavy atom. The van der Waals surface area contributed by atoms with Gasteiger partial charge in [0.15, 0.2) is 6.10 Å². The number of nitrogens with one attached hydrogen (secondary N) is 2. The zero-order chi connectivity index (χ0) is 21.2. The van der Waals surface area contributed by atoms with Crippen molar-refractivity contribution in [2.45, 2.75) is 69.4 Å². The third-order valence-corrected chi connectivity index (χ3v) is 7.10. The Morgan fingerprint density at radius 3 is 2.71 bits per heavy atom. The summed E-state index contributed by atoms with van der Waals surface area (Å²) in [5.74, 6) is 0.775. The molecule has 7 nitrogen and oxygen atoms in total. The van der Waals surface area contributed by atoms with Gasteiger partial charge >= 0.3 is 6.03 Å². The summed E-state index contributed by atoms with van der Waals surface area (Å²) in [4.78, 5) is 17.1. The number of thiazole rings is 1. The molecular weight excluding hydrogens is 414 g/mol. The first-order chi connectivity index (χ1) is 15.2. The van der Waals surface area contributed by atoms with Crippen molar-refractivity contribution in [3.05, 3.63) is 34.7 Å². The highest BCUT2D eigenvalue weighted by Crippen LogP contribution is 2.35. The van der Waals surface area contributed by atoms with Crippen LogP contribution in [0.3, 0.4) is 0 Å². The van der Waals surface area contributed by atoms with E-state index in [0.29, 0.717) is 13.2 Å². The van der Waals surface area contributed by atoms with Crippen molar-refractivity contribution < 1.29 is 19.0 Å². The van der Waals surface area contributed by atoms with E-state index in [0.717, 1.165) is 34.9 Å². The monoisotopic (exact) mass is 443 g/mol. The standard InChI is InChI=1S/C23H29N3O4S/c1-14-24-18(13-31-14)16-9-5-6-10-19(16)30-20-12-29-21-17(11-28-22(20)21)26-23(27)25-15-7-3-2-4-8-15/h5-6,9-10,13,15,17,20-22H,2-4,7-8,11-12H2,1H3,(H2,25,26,27)/t17-,20-,21+,22+/m0/s1. The Balaban J connectivity index is 1.20. The van der Waals surface area contributed by atoms with Gasteiger partial charge in [0.2, 0.25) is 0 Å². The summed E-state index contributed by atoms with van der Waals surface area (Å²) in [6, 6.07) is 7.91. The molecule has 1 saturated carbocycles. The molecular formula is C23H29N3O4S. The third kappa shape index (κ3) is 4.56. The predicted molar refractivity (Wildman–Crippen MR) is 119 cm³/mol. The molecule has 8 heteroatoms. The maximum atomic E-state index is 12.5. The third-order valence-electron chi connectivity index (χ3n) is 6.33. The summed E-state index contributed by atoms with van der Waals surface area (Å²) < 4.78 is 18.4. The van der Waals surface area contributed by atoms with Gasteiger partial charge in [0.05, 0.1) is 30.0 Å². The van der Waals surface area contributed by atoms with Crippen LogP contribution in [0, 0.1) is 6.92 Å². The summed E-state index contributed by atoms with van der Waals surface area (Å²) in [5, 5.41) is 9.23. The van der Waals surface area contributed by atoms with Crippen LogP contribution in [0.2, 0.25) is 0 Å². The van der Waals surface area contributed by atoms with Gasteiger partial charge in [-0.1, -0.05) is 31.4 Å². The van der Waals surface area contributed by atoms with Crippen molar-refractivity contribution >= 4 is 17.4 Å². The minimum atomic E-state index is -0.223. The first-order valence-electron chi connectivity index (χ1n) is 11.2. The first kappa shape index (κ1) is 20.7. The SMILES string of the molecule is Cc1nc(-c2ccccc2O[C@H]2CO[C@H]3[C@@H]2OC[C@@H]3NC(=O)NC2CCCCC2)cs1. The molecule has 0 spiro atoms. The maximum absolute atomic E-state index is 12.5. The van der Waals surface area contributed by atoms with Crippen molar-refractivity contribution in [1.29, 1.82) is 0 Å². The molecule has 0 unspecified atom stereocenters. The Labute approximate surface area is 186 Å².